The van der Waals surface area contributed by atoms with Gasteiger partial charge in [0.1, 0.15) is 0 Å². The molecule has 0 unspecified atom stereocenters. The van der Waals surface area contributed by atoms with Gasteiger partial charge in [-0.1, -0.05) is 130 Å². The van der Waals surface area contributed by atoms with Gasteiger partial charge in [-0.15, -0.1) is 0 Å². The summed E-state index contributed by atoms with van der Waals surface area (Å²) in [4.78, 5) is 0. The van der Waals surface area contributed by atoms with E-state index in [9.17, 15) is 0 Å². The number of nitrogens with zero attached hydrogens (tertiary/aromatic N) is 1. The Labute approximate surface area is 214 Å². The van der Waals surface area contributed by atoms with Crippen molar-refractivity contribution < 1.29 is 5.91 Å². The molecule has 0 bridgehead atoms. The molecule has 0 heterocycles. The van der Waals surface area contributed by atoms with Crippen LogP contribution < -0.4 is 0 Å². The molecule has 0 aliphatic carbocycles. The summed E-state index contributed by atoms with van der Waals surface area (Å²) in [5.41, 5.74) is 0. The first-order valence-corrected chi connectivity index (χ1v) is 16.1. The maximum Gasteiger partial charge on any atom is 1.00 e. The molecular formula is C32H69N+2. The third-order valence-electron chi connectivity index (χ3n) is 7.94. The quantitative estimate of drug-likeness (QED) is 0.0792. The summed E-state index contributed by atoms with van der Waals surface area (Å²) in [6.07, 6.45) is 34.8. The van der Waals surface area contributed by atoms with E-state index in [4.69, 9.17) is 0 Å². The van der Waals surface area contributed by atoms with Crippen molar-refractivity contribution in [1.29, 1.82) is 0 Å². The van der Waals surface area contributed by atoms with Gasteiger partial charge < -0.3 is 4.48 Å². The lowest BCUT2D eigenvalue weighted by Crippen LogP contribution is -2.50. The standard InChI is InChI=1S/C32H68N/c1-5-9-13-17-21-25-29-33(30-26-22-18-14-10-6-2,31-27-23-19-15-11-7-3)32-28-24-20-16-12-8-4/h5-32H2,1-4H3/q+1/p+1. The highest BCUT2D eigenvalue weighted by Gasteiger charge is 2.25. The van der Waals surface area contributed by atoms with Crippen molar-refractivity contribution in [2.75, 3.05) is 26.2 Å². The van der Waals surface area contributed by atoms with Crippen molar-refractivity contribution >= 4 is 0 Å². The Morgan fingerprint density at radius 1 is 0.273 bits per heavy atom. The highest BCUT2D eigenvalue weighted by molar-refractivity contribution is 4.55. The van der Waals surface area contributed by atoms with Gasteiger partial charge in [0.2, 0.25) is 0 Å². The van der Waals surface area contributed by atoms with Crippen molar-refractivity contribution in [2.24, 2.45) is 0 Å². The van der Waals surface area contributed by atoms with Crippen LogP contribution in [0, 0.1) is 0 Å². The summed E-state index contributed by atoms with van der Waals surface area (Å²) in [6, 6.07) is 0. The Bertz CT molecular complexity index is 287. The number of rotatable bonds is 28. The molecule has 0 aliphatic rings. The third kappa shape index (κ3) is 22.2. The SMILES string of the molecule is CCCCCCCC[N+](CCCCCCCC)(CCCCCCCC)CCCCCCCC.[H+]. The molecule has 0 aliphatic heterocycles. The zero-order valence-electron chi connectivity index (χ0n) is 25.2. The van der Waals surface area contributed by atoms with E-state index in [1.54, 1.807) is 0 Å². The molecule has 33 heavy (non-hydrogen) atoms. The number of hydrogen-bond donors (Lipinski definition) is 0. The van der Waals surface area contributed by atoms with Gasteiger partial charge in [0, 0.05) is 0 Å². The number of quaternary nitrogens is 1. The molecule has 0 rings (SSSR count). The Balaban J connectivity index is 0. The molecule has 0 amide bonds. The minimum Gasteiger partial charge on any atom is -0.324 e. The lowest BCUT2D eigenvalue weighted by atomic mass is 10.0. The summed E-state index contributed by atoms with van der Waals surface area (Å²) < 4.78 is 1.48. The predicted octanol–water partition coefficient (Wildman–Crippen LogP) is 11.4. The number of hydrogen-bond acceptors (Lipinski definition) is 0. The average molecular weight is 468 g/mol. The second-order valence-corrected chi connectivity index (χ2v) is 11.3. The fourth-order valence-corrected chi connectivity index (χ4v) is 5.58. The van der Waals surface area contributed by atoms with Crippen LogP contribution in [0.3, 0.4) is 0 Å². The van der Waals surface area contributed by atoms with Gasteiger partial charge in [0.15, 0.2) is 0 Å². The summed E-state index contributed by atoms with van der Waals surface area (Å²) in [5.74, 6) is 0. The monoisotopic (exact) mass is 468 g/mol. The van der Waals surface area contributed by atoms with E-state index in [1.165, 1.54) is 185 Å². The zero-order valence-corrected chi connectivity index (χ0v) is 24.2. The van der Waals surface area contributed by atoms with Crippen LogP contribution >= 0.6 is 0 Å². The maximum absolute atomic E-state index is 2.34. The lowest BCUT2D eigenvalue weighted by Gasteiger charge is -2.40. The number of unbranched alkanes of at least 4 members (excludes halogenated alkanes) is 20. The van der Waals surface area contributed by atoms with Crippen LogP contribution in [0.25, 0.3) is 0 Å². The van der Waals surface area contributed by atoms with Gasteiger partial charge in [0.05, 0.1) is 26.2 Å². The van der Waals surface area contributed by atoms with Gasteiger partial charge in [-0.2, -0.15) is 0 Å². The van der Waals surface area contributed by atoms with Crippen molar-refractivity contribution in [3.8, 4) is 0 Å². The van der Waals surface area contributed by atoms with E-state index in [2.05, 4.69) is 27.7 Å². The van der Waals surface area contributed by atoms with E-state index < -0.39 is 0 Å². The fourth-order valence-electron chi connectivity index (χ4n) is 5.58. The predicted molar refractivity (Wildman–Crippen MR) is 154 cm³/mol. The van der Waals surface area contributed by atoms with Crippen LogP contribution in [0.15, 0.2) is 0 Å². The van der Waals surface area contributed by atoms with E-state index in [1.807, 2.05) is 0 Å². The zero-order chi connectivity index (χ0) is 24.3. The van der Waals surface area contributed by atoms with E-state index in [0.717, 1.165) is 0 Å². The van der Waals surface area contributed by atoms with Crippen LogP contribution in [0.4, 0.5) is 0 Å². The second kappa shape index (κ2) is 26.6. The molecule has 0 aromatic carbocycles. The van der Waals surface area contributed by atoms with Gasteiger partial charge >= 0.3 is 1.43 Å². The van der Waals surface area contributed by atoms with Crippen LogP contribution in [-0.4, -0.2) is 30.7 Å². The first-order valence-electron chi connectivity index (χ1n) is 16.1. The molecule has 0 saturated heterocycles. The fraction of sp³-hybridized carbons (Fsp3) is 1.00. The Morgan fingerprint density at radius 2 is 0.455 bits per heavy atom. The molecule has 0 N–H and O–H groups in total. The molecule has 0 saturated carbocycles. The van der Waals surface area contributed by atoms with Gasteiger partial charge in [-0.25, -0.2) is 0 Å². The molecule has 0 spiro atoms. The highest BCUT2D eigenvalue weighted by atomic mass is 15.3. The molecule has 0 radical (unpaired) electrons. The first-order chi connectivity index (χ1) is 16.2. The van der Waals surface area contributed by atoms with Gasteiger partial charge in [0.25, 0.3) is 0 Å². The molecule has 1 nitrogen and oxygen atoms in total. The Morgan fingerprint density at radius 3 is 0.667 bits per heavy atom. The van der Waals surface area contributed by atoms with Crippen LogP contribution in [0.5, 0.6) is 0 Å². The molecule has 200 valence electrons. The molecule has 1 heteroatoms. The average Bonchev–Trinajstić information content (AvgIpc) is 2.83. The summed E-state index contributed by atoms with van der Waals surface area (Å²) in [7, 11) is 0. The maximum atomic E-state index is 2.34. The molecule has 0 aromatic rings. The second-order valence-electron chi connectivity index (χ2n) is 11.3. The normalized spacial score (nSPS) is 12.0. The smallest absolute Gasteiger partial charge is 0.324 e. The Kier molecular flexibility index (Phi) is 26.5. The van der Waals surface area contributed by atoms with Crippen LogP contribution in [0.1, 0.15) is 183 Å². The van der Waals surface area contributed by atoms with Crippen molar-refractivity contribution in [3.05, 3.63) is 0 Å². The van der Waals surface area contributed by atoms with E-state index in [0.29, 0.717) is 0 Å². The molecule has 0 atom stereocenters. The largest absolute Gasteiger partial charge is 1.00 e. The minimum atomic E-state index is 0. The summed E-state index contributed by atoms with van der Waals surface area (Å²) in [5, 5.41) is 0. The van der Waals surface area contributed by atoms with Crippen molar-refractivity contribution in [1.82, 2.24) is 0 Å². The Hall–Kier alpha value is -0.0400. The highest BCUT2D eigenvalue weighted by Crippen LogP contribution is 2.20. The van der Waals surface area contributed by atoms with Crippen LogP contribution in [0.2, 0.25) is 0 Å². The van der Waals surface area contributed by atoms with Crippen molar-refractivity contribution in [3.63, 3.8) is 0 Å². The minimum absolute atomic E-state index is 0. The molecule has 0 fully saturated rings. The van der Waals surface area contributed by atoms with E-state index >= 15 is 0 Å². The third-order valence-corrected chi connectivity index (χ3v) is 7.94. The topological polar surface area (TPSA) is 0 Å². The first kappa shape index (κ1) is 33.0. The summed E-state index contributed by atoms with van der Waals surface area (Å²) in [6.45, 7) is 15.3. The van der Waals surface area contributed by atoms with Crippen molar-refractivity contribution in [2.45, 2.75) is 182 Å². The van der Waals surface area contributed by atoms with E-state index in [-0.39, 0.29) is 1.43 Å². The molecular weight excluding hydrogens is 398 g/mol. The molecule has 0 aromatic heterocycles. The van der Waals surface area contributed by atoms with Crippen LogP contribution in [-0.2, 0) is 0 Å². The lowest BCUT2D eigenvalue weighted by molar-refractivity contribution is -0.929. The summed E-state index contributed by atoms with van der Waals surface area (Å²) >= 11 is 0. The van der Waals surface area contributed by atoms with Gasteiger partial charge in [-0.05, 0) is 51.4 Å². The van der Waals surface area contributed by atoms with Gasteiger partial charge in [-0.3, -0.25) is 0 Å².